The maximum Gasteiger partial charge on any atom is 0.251 e. The summed E-state index contributed by atoms with van der Waals surface area (Å²) in [7, 11) is 0. The van der Waals surface area contributed by atoms with Crippen molar-refractivity contribution < 1.29 is 9.59 Å². The second-order valence-corrected chi connectivity index (χ2v) is 5.33. The van der Waals surface area contributed by atoms with Crippen molar-refractivity contribution in [2.75, 3.05) is 19.6 Å². The quantitative estimate of drug-likeness (QED) is 0.765. The van der Waals surface area contributed by atoms with Crippen LogP contribution >= 0.6 is 0 Å². The molecule has 1 saturated heterocycles. The van der Waals surface area contributed by atoms with Gasteiger partial charge in [-0.25, -0.2) is 0 Å². The molecule has 114 valence electrons. The standard InChI is InChI=1S/C16H23N3O2/c1-2-8-18-15(20)12-4-3-5-13(11-12)16(21)19-14-6-9-17-10-7-14/h3-5,11,14,17H,2,6-10H2,1H3,(H,18,20)(H,19,21). The number of hydrogen-bond donors (Lipinski definition) is 3. The number of piperidine rings is 1. The van der Waals surface area contributed by atoms with Crippen molar-refractivity contribution in [3.05, 3.63) is 35.4 Å². The van der Waals surface area contributed by atoms with Gasteiger partial charge in [-0.15, -0.1) is 0 Å². The zero-order chi connectivity index (χ0) is 15.1. The molecular formula is C16H23N3O2. The number of amides is 2. The lowest BCUT2D eigenvalue weighted by Crippen LogP contribution is -2.42. The van der Waals surface area contributed by atoms with Gasteiger partial charge >= 0.3 is 0 Å². The molecule has 2 amide bonds. The predicted molar refractivity (Wildman–Crippen MR) is 82.4 cm³/mol. The zero-order valence-corrected chi connectivity index (χ0v) is 12.4. The lowest BCUT2D eigenvalue weighted by atomic mass is 10.1. The molecule has 0 aromatic heterocycles. The molecule has 0 unspecified atom stereocenters. The summed E-state index contributed by atoms with van der Waals surface area (Å²) in [5, 5.41) is 9.12. The molecule has 0 spiro atoms. The van der Waals surface area contributed by atoms with E-state index in [-0.39, 0.29) is 17.9 Å². The van der Waals surface area contributed by atoms with Gasteiger partial charge in [0.2, 0.25) is 0 Å². The lowest BCUT2D eigenvalue weighted by Gasteiger charge is -2.23. The van der Waals surface area contributed by atoms with E-state index < -0.39 is 0 Å². The molecule has 1 aromatic rings. The van der Waals surface area contributed by atoms with E-state index in [0.29, 0.717) is 17.7 Å². The van der Waals surface area contributed by atoms with Crippen LogP contribution in [0.3, 0.4) is 0 Å². The minimum atomic E-state index is -0.131. The van der Waals surface area contributed by atoms with Crippen LogP contribution in [0.15, 0.2) is 24.3 Å². The van der Waals surface area contributed by atoms with Crippen molar-refractivity contribution in [3.8, 4) is 0 Å². The maximum absolute atomic E-state index is 12.2. The smallest absolute Gasteiger partial charge is 0.251 e. The summed E-state index contributed by atoms with van der Waals surface area (Å²) in [5.41, 5.74) is 1.07. The molecule has 0 saturated carbocycles. The Morgan fingerprint density at radius 3 is 2.52 bits per heavy atom. The lowest BCUT2D eigenvalue weighted by molar-refractivity contribution is 0.0929. The van der Waals surface area contributed by atoms with Gasteiger partial charge in [0.1, 0.15) is 0 Å². The highest BCUT2D eigenvalue weighted by Crippen LogP contribution is 2.08. The molecule has 1 fully saturated rings. The van der Waals surface area contributed by atoms with Gasteiger partial charge in [-0.3, -0.25) is 9.59 Å². The highest BCUT2D eigenvalue weighted by Gasteiger charge is 2.17. The summed E-state index contributed by atoms with van der Waals surface area (Å²) < 4.78 is 0. The third-order valence-electron chi connectivity index (χ3n) is 3.60. The number of carbonyl (C=O) groups is 2. The molecule has 5 nitrogen and oxygen atoms in total. The van der Waals surface area contributed by atoms with E-state index in [4.69, 9.17) is 0 Å². The van der Waals surface area contributed by atoms with Gasteiger partial charge in [-0.05, 0) is 50.6 Å². The van der Waals surface area contributed by atoms with Gasteiger partial charge in [0.25, 0.3) is 11.8 Å². The van der Waals surface area contributed by atoms with E-state index in [1.807, 2.05) is 6.92 Å². The van der Waals surface area contributed by atoms with Gasteiger partial charge in [-0.2, -0.15) is 0 Å². The molecule has 1 aliphatic rings. The molecule has 3 N–H and O–H groups in total. The molecule has 0 aliphatic carbocycles. The first-order chi connectivity index (χ1) is 10.2. The summed E-state index contributed by atoms with van der Waals surface area (Å²) in [4.78, 5) is 24.2. The number of benzene rings is 1. The van der Waals surface area contributed by atoms with Crippen molar-refractivity contribution in [3.63, 3.8) is 0 Å². The molecule has 0 bridgehead atoms. The van der Waals surface area contributed by atoms with E-state index in [2.05, 4.69) is 16.0 Å². The monoisotopic (exact) mass is 289 g/mol. The Labute approximate surface area is 125 Å². The van der Waals surface area contributed by atoms with Crippen molar-refractivity contribution >= 4 is 11.8 Å². The number of rotatable bonds is 5. The first kappa shape index (κ1) is 15.5. The predicted octanol–water partition coefficient (Wildman–Crippen LogP) is 1.31. The Balaban J connectivity index is 1.98. The Morgan fingerprint density at radius 1 is 1.19 bits per heavy atom. The van der Waals surface area contributed by atoms with Crippen molar-refractivity contribution in [1.29, 1.82) is 0 Å². The van der Waals surface area contributed by atoms with E-state index in [0.717, 1.165) is 32.4 Å². The Bertz CT molecular complexity index is 496. The summed E-state index contributed by atoms with van der Waals surface area (Å²) in [6.07, 6.45) is 2.78. The zero-order valence-electron chi connectivity index (χ0n) is 12.4. The van der Waals surface area contributed by atoms with E-state index in [1.54, 1.807) is 24.3 Å². The summed E-state index contributed by atoms with van der Waals surface area (Å²) in [5.74, 6) is -0.236. The first-order valence-electron chi connectivity index (χ1n) is 7.60. The van der Waals surface area contributed by atoms with Crippen LogP contribution in [0.5, 0.6) is 0 Å². The molecule has 1 aromatic carbocycles. The van der Waals surface area contributed by atoms with Crippen LogP contribution in [0, 0.1) is 0 Å². The largest absolute Gasteiger partial charge is 0.352 e. The number of nitrogens with one attached hydrogen (secondary N) is 3. The normalized spacial score (nSPS) is 15.5. The molecule has 0 radical (unpaired) electrons. The van der Waals surface area contributed by atoms with Crippen molar-refractivity contribution in [1.82, 2.24) is 16.0 Å². The number of hydrogen-bond acceptors (Lipinski definition) is 3. The van der Waals surface area contributed by atoms with Crippen molar-refractivity contribution in [2.24, 2.45) is 0 Å². The fourth-order valence-corrected chi connectivity index (χ4v) is 2.38. The molecule has 21 heavy (non-hydrogen) atoms. The maximum atomic E-state index is 12.2. The summed E-state index contributed by atoms with van der Waals surface area (Å²) >= 11 is 0. The van der Waals surface area contributed by atoms with Crippen LogP contribution < -0.4 is 16.0 Å². The minimum absolute atomic E-state index is 0.105. The Morgan fingerprint density at radius 2 is 1.86 bits per heavy atom. The van der Waals surface area contributed by atoms with Gasteiger partial charge in [0.15, 0.2) is 0 Å². The third-order valence-corrected chi connectivity index (χ3v) is 3.60. The highest BCUT2D eigenvalue weighted by atomic mass is 16.2. The molecule has 1 heterocycles. The van der Waals surface area contributed by atoms with Crippen molar-refractivity contribution in [2.45, 2.75) is 32.2 Å². The fourth-order valence-electron chi connectivity index (χ4n) is 2.38. The van der Waals surface area contributed by atoms with Gasteiger partial charge < -0.3 is 16.0 Å². The van der Waals surface area contributed by atoms with E-state index in [9.17, 15) is 9.59 Å². The third kappa shape index (κ3) is 4.56. The molecule has 0 atom stereocenters. The fraction of sp³-hybridized carbons (Fsp3) is 0.500. The van der Waals surface area contributed by atoms with Crippen LogP contribution in [0.1, 0.15) is 46.9 Å². The van der Waals surface area contributed by atoms with Crippen LogP contribution in [0.2, 0.25) is 0 Å². The Kier molecular flexibility index (Phi) is 5.75. The molecule has 2 rings (SSSR count). The van der Waals surface area contributed by atoms with E-state index >= 15 is 0 Å². The molecule has 1 aliphatic heterocycles. The van der Waals surface area contributed by atoms with E-state index in [1.165, 1.54) is 0 Å². The second kappa shape index (κ2) is 7.78. The summed E-state index contributed by atoms with van der Waals surface area (Å²) in [6.45, 7) is 4.52. The van der Waals surface area contributed by atoms with Gasteiger partial charge in [0, 0.05) is 23.7 Å². The van der Waals surface area contributed by atoms with Gasteiger partial charge in [0.05, 0.1) is 0 Å². The van der Waals surface area contributed by atoms with Gasteiger partial charge in [-0.1, -0.05) is 13.0 Å². The average Bonchev–Trinajstić information content (AvgIpc) is 2.53. The van der Waals surface area contributed by atoms with Crippen LogP contribution in [-0.4, -0.2) is 37.5 Å². The average molecular weight is 289 g/mol. The van der Waals surface area contributed by atoms with Crippen LogP contribution in [-0.2, 0) is 0 Å². The second-order valence-electron chi connectivity index (χ2n) is 5.33. The summed E-state index contributed by atoms with van der Waals surface area (Å²) in [6, 6.07) is 7.09. The number of carbonyl (C=O) groups excluding carboxylic acids is 2. The molecule has 5 heteroatoms. The molecular weight excluding hydrogens is 266 g/mol. The van der Waals surface area contributed by atoms with Crippen LogP contribution in [0.4, 0.5) is 0 Å². The topological polar surface area (TPSA) is 70.2 Å². The first-order valence-corrected chi connectivity index (χ1v) is 7.60. The van der Waals surface area contributed by atoms with Crippen LogP contribution in [0.25, 0.3) is 0 Å². The highest BCUT2D eigenvalue weighted by molar-refractivity contribution is 5.99. The Hall–Kier alpha value is -1.88. The SMILES string of the molecule is CCCNC(=O)c1cccc(C(=O)NC2CCNCC2)c1. The minimum Gasteiger partial charge on any atom is -0.352 e.